The third-order valence-electron chi connectivity index (χ3n) is 2.93. The zero-order valence-electron chi connectivity index (χ0n) is 12.3. The number of methoxy groups -OCH3 is 1. The van der Waals surface area contributed by atoms with Crippen molar-refractivity contribution in [1.82, 2.24) is 0 Å². The van der Waals surface area contributed by atoms with Gasteiger partial charge in [-0.1, -0.05) is 28.1 Å². The lowest BCUT2D eigenvalue weighted by molar-refractivity contribution is -0.139. The van der Waals surface area contributed by atoms with E-state index in [1.54, 1.807) is 0 Å². The third kappa shape index (κ3) is 5.41. The van der Waals surface area contributed by atoms with Crippen LogP contribution in [0.3, 0.4) is 0 Å². The largest absolute Gasteiger partial charge is 0.490 e. The molecule has 4 nitrogen and oxygen atoms in total. The number of carbonyl (C=O) groups is 1. The van der Waals surface area contributed by atoms with Gasteiger partial charge in [-0.2, -0.15) is 0 Å². The second-order valence-corrected chi connectivity index (χ2v) is 5.46. The van der Waals surface area contributed by atoms with E-state index in [1.807, 2.05) is 48.5 Å². The molecule has 0 saturated carbocycles. The molecule has 22 heavy (non-hydrogen) atoms. The van der Waals surface area contributed by atoms with Crippen molar-refractivity contribution in [2.24, 2.45) is 0 Å². The van der Waals surface area contributed by atoms with Crippen LogP contribution in [0.1, 0.15) is 5.56 Å². The van der Waals surface area contributed by atoms with Crippen molar-refractivity contribution in [3.63, 3.8) is 0 Å². The highest BCUT2D eigenvalue weighted by atomic mass is 79.9. The van der Waals surface area contributed by atoms with Crippen molar-refractivity contribution in [3.05, 3.63) is 58.6 Å². The van der Waals surface area contributed by atoms with Gasteiger partial charge in [-0.15, -0.1) is 0 Å². The van der Waals surface area contributed by atoms with Crippen molar-refractivity contribution < 1.29 is 19.0 Å². The molecule has 0 N–H and O–H groups in total. The van der Waals surface area contributed by atoms with Crippen LogP contribution in [0.15, 0.2) is 53.0 Å². The molecule has 0 saturated heterocycles. The Balaban J connectivity index is 1.72. The molecule has 0 radical (unpaired) electrons. The maximum absolute atomic E-state index is 11.2. The summed E-state index contributed by atoms with van der Waals surface area (Å²) in [7, 11) is 1.38. The molecule has 0 spiro atoms. The van der Waals surface area contributed by atoms with Gasteiger partial charge in [0, 0.05) is 4.47 Å². The average molecular weight is 365 g/mol. The van der Waals surface area contributed by atoms with E-state index < -0.39 is 0 Å². The fraction of sp³-hybridized carbons (Fsp3) is 0.235. The van der Waals surface area contributed by atoms with E-state index in [2.05, 4.69) is 20.7 Å². The first-order chi connectivity index (χ1) is 10.7. The second kappa shape index (κ2) is 8.44. The molecule has 0 aliphatic heterocycles. The first-order valence-corrected chi connectivity index (χ1v) is 7.63. The Labute approximate surface area is 138 Å². The normalized spacial score (nSPS) is 10.1. The summed E-state index contributed by atoms with van der Waals surface area (Å²) < 4.78 is 16.8. The summed E-state index contributed by atoms with van der Waals surface area (Å²) >= 11 is 3.37. The summed E-state index contributed by atoms with van der Waals surface area (Å²) in [6, 6.07) is 15.0. The maximum Gasteiger partial charge on any atom is 0.309 e. The highest BCUT2D eigenvalue weighted by Gasteiger charge is 2.03. The minimum atomic E-state index is -0.253. The number of carbonyl (C=O) groups excluding carboxylic acids is 1. The number of ether oxygens (including phenoxy) is 3. The third-order valence-corrected chi connectivity index (χ3v) is 3.46. The van der Waals surface area contributed by atoms with Gasteiger partial charge in [0.2, 0.25) is 0 Å². The molecular formula is C17H17BrO4. The van der Waals surface area contributed by atoms with E-state index in [0.29, 0.717) is 13.2 Å². The van der Waals surface area contributed by atoms with Crippen LogP contribution < -0.4 is 9.47 Å². The summed E-state index contributed by atoms with van der Waals surface area (Å²) in [4.78, 5) is 11.2. The van der Waals surface area contributed by atoms with Gasteiger partial charge in [-0.05, 0) is 42.0 Å². The van der Waals surface area contributed by atoms with E-state index in [1.165, 1.54) is 7.11 Å². The summed E-state index contributed by atoms with van der Waals surface area (Å²) in [5.41, 5.74) is 0.894. The predicted molar refractivity (Wildman–Crippen MR) is 87.3 cm³/mol. The van der Waals surface area contributed by atoms with Crippen molar-refractivity contribution in [3.8, 4) is 11.5 Å². The molecule has 2 aromatic rings. The summed E-state index contributed by atoms with van der Waals surface area (Å²) in [5, 5.41) is 0. The van der Waals surface area contributed by atoms with Gasteiger partial charge in [0.15, 0.2) is 0 Å². The highest BCUT2D eigenvalue weighted by molar-refractivity contribution is 9.10. The van der Waals surface area contributed by atoms with Crippen molar-refractivity contribution >= 4 is 21.9 Å². The van der Waals surface area contributed by atoms with Crippen molar-refractivity contribution in [2.75, 3.05) is 20.3 Å². The molecule has 0 atom stereocenters. The molecule has 0 aliphatic carbocycles. The van der Waals surface area contributed by atoms with Gasteiger partial charge in [0.1, 0.15) is 24.7 Å². The van der Waals surface area contributed by atoms with Gasteiger partial charge < -0.3 is 14.2 Å². The van der Waals surface area contributed by atoms with E-state index >= 15 is 0 Å². The van der Waals surface area contributed by atoms with Gasteiger partial charge in [0.05, 0.1) is 13.5 Å². The Morgan fingerprint density at radius 1 is 0.909 bits per heavy atom. The monoisotopic (exact) mass is 364 g/mol. The van der Waals surface area contributed by atoms with Crippen LogP contribution in [-0.2, 0) is 16.0 Å². The molecule has 116 valence electrons. The summed E-state index contributed by atoms with van der Waals surface area (Å²) in [6.07, 6.45) is 0.267. The molecule has 0 aromatic heterocycles. The second-order valence-electron chi connectivity index (χ2n) is 4.55. The zero-order chi connectivity index (χ0) is 15.8. The van der Waals surface area contributed by atoms with Crippen LogP contribution in [0.25, 0.3) is 0 Å². The quantitative estimate of drug-likeness (QED) is 0.555. The van der Waals surface area contributed by atoms with Crippen LogP contribution in [-0.4, -0.2) is 26.3 Å². The summed E-state index contributed by atoms with van der Waals surface area (Å²) in [5.74, 6) is 1.30. The van der Waals surface area contributed by atoms with Crippen molar-refractivity contribution in [2.45, 2.75) is 6.42 Å². The number of benzene rings is 2. The van der Waals surface area contributed by atoms with Gasteiger partial charge in [-0.3, -0.25) is 4.79 Å². The average Bonchev–Trinajstić information content (AvgIpc) is 2.54. The molecule has 0 amide bonds. The Hall–Kier alpha value is -2.01. The van der Waals surface area contributed by atoms with Gasteiger partial charge in [-0.25, -0.2) is 0 Å². The molecule has 0 heterocycles. The fourth-order valence-corrected chi connectivity index (χ4v) is 2.06. The van der Waals surface area contributed by atoms with Crippen molar-refractivity contribution in [1.29, 1.82) is 0 Å². The predicted octanol–water partition coefficient (Wildman–Crippen LogP) is 3.62. The van der Waals surface area contributed by atoms with Crippen LogP contribution in [0.4, 0.5) is 0 Å². The Bertz CT molecular complexity index is 593. The molecule has 0 unspecified atom stereocenters. The van der Waals surface area contributed by atoms with Gasteiger partial charge in [0.25, 0.3) is 0 Å². The fourth-order valence-electron chi connectivity index (χ4n) is 1.79. The smallest absolute Gasteiger partial charge is 0.309 e. The first-order valence-electron chi connectivity index (χ1n) is 6.84. The van der Waals surface area contributed by atoms with Crippen LogP contribution >= 0.6 is 15.9 Å². The van der Waals surface area contributed by atoms with Crippen LogP contribution in [0.2, 0.25) is 0 Å². The standard InChI is InChI=1S/C17H17BrO4/c1-20-17(19)12-13-2-6-15(7-3-13)21-10-11-22-16-8-4-14(18)5-9-16/h2-9H,10-12H2,1H3. The number of hydrogen-bond donors (Lipinski definition) is 0. The molecule has 2 rings (SSSR count). The molecular weight excluding hydrogens is 348 g/mol. The highest BCUT2D eigenvalue weighted by Crippen LogP contribution is 2.16. The topological polar surface area (TPSA) is 44.8 Å². The Kier molecular flexibility index (Phi) is 6.27. The Morgan fingerprint density at radius 3 is 1.91 bits per heavy atom. The molecule has 0 fully saturated rings. The molecule has 5 heteroatoms. The SMILES string of the molecule is COC(=O)Cc1ccc(OCCOc2ccc(Br)cc2)cc1. The molecule has 0 bridgehead atoms. The molecule has 2 aromatic carbocycles. The van der Waals surface area contributed by atoms with E-state index in [0.717, 1.165) is 21.5 Å². The number of hydrogen-bond acceptors (Lipinski definition) is 4. The summed E-state index contributed by atoms with van der Waals surface area (Å²) in [6.45, 7) is 0.915. The Morgan fingerprint density at radius 2 is 1.41 bits per heavy atom. The lowest BCUT2D eigenvalue weighted by atomic mass is 10.1. The number of esters is 1. The maximum atomic E-state index is 11.2. The minimum Gasteiger partial charge on any atom is -0.490 e. The lowest BCUT2D eigenvalue weighted by Crippen LogP contribution is -2.09. The van der Waals surface area contributed by atoms with Crippen LogP contribution in [0.5, 0.6) is 11.5 Å². The van der Waals surface area contributed by atoms with E-state index in [9.17, 15) is 4.79 Å². The number of halogens is 1. The molecule has 0 aliphatic rings. The van der Waals surface area contributed by atoms with E-state index in [4.69, 9.17) is 9.47 Å². The lowest BCUT2D eigenvalue weighted by Gasteiger charge is -2.09. The zero-order valence-corrected chi connectivity index (χ0v) is 13.8. The minimum absolute atomic E-state index is 0.253. The van der Waals surface area contributed by atoms with Gasteiger partial charge >= 0.3 is 5.97 Å². The number of rotatable bonds is 7. The van der Waals surface area contributed by atoms with Crippen LogP contribution in [0, 0.1) is 0 Å². The first kappa shape index (κ1) is 16.4. The van der Waals surface area contributed by atoms with E-state index in [-0.39, 0.29) is 12.4 Å².